The third-order valence-electron chi connectivity index (χ3n) is 4.57. The van der Waals surface area contributed by atoms with Gasteiger partial charge < -0.3 is 14.5 Å². The van der Waals surface area contributed by atoms with Crippen molar-refractivity contribution in [2.24, 2.45) is 0 Å². The van der Waals surface area contributed by atoms with Gasteiger partial charge in [0.15, 0.2) is 5.76 Å². The molecule has 0 aliphatic carbocycles. The molecule has 7 heteroatoms. The van der Waals surface area contributed by atoms with E-state index in [2.05, 4.69) is 5.32 Å². The van der Waals surface area contributed by atoms with Crippen LogP contribution in [0.5, 0.6) is 5.75 Å². The normalized spacial score (nSPS) is 16.2. The van der Waals surface area contributed by atoms with Crippen LogP contribution in [0.4, 0.5) is 13.2 Å². The summed E-state index contributed by atoms with van der Waals surface area (Å²) < 4.78 is 49.8. The van der Waals surface area contributed by atoms with E-state index in [1.165, 1.54) is 24.3 Å². The van der Waals surface area contributed by atoms with E-state index >= 15 is 0 Å². The molecule has 2 heterocycles. The molecule has 1 aliphatic rings. The number of carbonyl (C=O) groups is 1. The molecule has 1 N–H and O–H groups in total. The van der Waals surface area contributed by atoms with Gasteiger partial charge in [-0.3, -0.25) is 4.79 Å². The molecule has 0 radical (unpaired) electrons. The van der Waals surface area contributed by atoms with E-state index in [0.717, 1.165) is 23.4 Å². The predicted octanol–water partition coefficient (Wildman–Crippen LogP) is 5.22. The van der Waals surface area contributed by atoms with E-state index in [0.29, 0.717) is 13.0 Å². The van der Waals surface area contributed by atoms with Gasteiger partial charge in [-0.1, -0.05) is 30.3 Å². The summed E-state index contributed by atoms with van der Waals surface area (Å²) in [6, 6.07) is 15.0. The minimum atomic E-state index is -4.45. The van der Waals surface area contributed by atoms with Crippen molar-refractivity contribution in [1.82, 2.24) is 5.32 Å². The molecule has 144 valence electrons. The van der Waals surface area contributed by atoms with Crippen molar-refractivity contribution in [3.8, 4) is 17.1 Å². The molecule has 1 aliphatic heterocycles. The van der Waals surface area contributed by atoms with Crippen LogP contribution in [0.1, 0.15) is 34.1 Å². The Bertz CT molecular complexity index is 1010. The lowest BCUT2D eigenvalue weighted by Gasteiger charge is -2.26. The molecule has 0 saturated heterocycles. The summed E-state index contributed by atoms with van der Waals surface area (Å²) in [5.74, 6) is 0.531. The number of hydrogen-bond donors (Lipinski definition) is 1. The van der Waals surface area contributed by atoms with Crippen molar-refractivity contribution in [3.63, 3.8) is 0 Å². The Balaban J connectivity index is 1.53. The zero-order valence-corrected chi connectivity index (χ0v) is 14.6. The maximum absolute atomic E-state index is 12.9. The van der Waals surface area contributed by atoms with E-state index in [9.17, 15) is 18.0 Å². The minimum absolute atomic E-state index is 0.0383. The number of amides is 1. The highest BCUT2D eigenvalue weighted by molar-refractivity contribution is 5.92. The van der Waals surface area contributed by atoms with Crippen LogP contribution >= 0.6 is 0 Å². The number of benzene rings is 2. The first kappa shape index (κ1) is 18.2. The average molecular weight is 387 g/mol. The topological polar surface area (TPSA) is 51.5 Å². The van der Waals surface area contributed by atoms with Gasteiger partial charge in [0.25, 0.3) is 5.91 Å². The second-order valence-corrected chi connectivity index (χ2v) is 6.44. The van der Waals surface area contributed by atoms with Gasteiger partial charge in [0, 0.05) is 17.5 Å². The number of rotatable bonds is 3. The maximum atomic E-state index is 12.9. The summed E-state index contributed by atoms with van der Waals surface area (Å²) in [5, 5.41) is 2.90. The Morgan fingerprint density at radius 3 is 2.68 bits per heavy atom. The van der Waals surface area contributed by atoms with Crippen molar-refractivity contribution < 1.29 is 27.1 Å². The Hall–Kier alpha value is -3.22. The van der Waals surface area contributed by atoms with Gasteiger partial charge in [-0.05, 0) is 30.3 Å². The van der Waals surface area contributed by atoms with Crippen molar-refractivity contribution in [2.45, 2.75) is 18.6 Å². The van der Waals surface area contributed by atoms with Crippen LogP contribution in [0.2, 0.25) is 0 Å². The van der Waals surface area contributed by atoms with Gasteiger partial charge in [-0.15, -0.1) is 0 Å². The first-order chi connectivity index (χ1) is 13.4. The molecule has 0 spiro atoms. The third-order valence-corrected chi connectivity index (χ3v) is 4.57. The van der Waals surface area contributed by atoms with E-state index in [1.807, 2.05) is 24.3 Å². The Morgan fingerprint density at radius 2 is 1.86 bits per heavy atom. The molecule has 1 amide bonds. The predicted molar refractivity (Wildman–Crippen MR) is 95.9 cm³/mol. The molecular weight excluding hydrogens is 371 g/mol. The summed E-state index contributed by atoms with van der Waals surface area (Å²) in [4.78, 5) is 12.6. The third kappa shape index (κ3) is 3.60. The lowest BCUT2D eigenvalue weighted by Crippen LogP contribution is -2.31. The number of ether oxygens (including phenoxy) is 1. The SMILES string of the molecule is O=C(NC1CCOc2ccccc21)c1ccc(-c2cccc(C(F)(F)F)c2)o1. The largest absolute Gasteiger partial charge is 0.493 e. The zero-order valence-electron chi connectivity index (χ0n) is 14.6. The van der Waals surface area contributed by atoms with Crippen molar-refractivity contribution in [1.29, 1.82) is 0 Å². The standard InChI is InChI=1S/C21H16F3NO3/c22-21(23,24)14-5-3-4-13(12-14)17-8-9-19(28-17)20(26)25-16-10-11-27-18-7-2-1-6-15(16)18/h1-9,12,16H,10-11H2,(H,25,26). The maximum Gasteiger partial charge on any atom is 0.416 e. The number of furan rings is 1. The van der Waals surface area contributed by atoms with E-state index in [1.54, 1.807) is 0 Å². The van der Waals surface area contributed by atoms with Gasteiger partial charge in [0.1, 0.15) is 11.5 Å². The van der Waals surface area contributed by atoms with E-state index < -0.39 is 17.6 Å². The fourth-order valence-electron chi connectivity index (χ4n) is 3.19. The summed E-state index contributed by atoms with van der Waals surface area (Å²) in [6.45, 7) is 0.482. The fraction of sp³-hybridized carbons (Fsp3) is 0.190. The Morgan fingerprint density at radius 1 is 1.04 bits per heavy atom. The summed E-state index contributed by atoms with van der Waals surface area (Å²) >= 11 is 0. The number of hydrogen-bond acceptors (Lipinski definition) is 3. The van der Waals surface area contributed by atoms with Gasteiger partial charge in [-0.25, -0.2) is 0 Å². The lowest BCUT2D eigenvalue weighted by atomic mass is 10.0. The number of halogens is 3. The number of nitrogens with one attached hydrogen (secondary N) is 1. The van der Waals surface area contributed by atoms with Crippen LogP contribution in [0.15, 0.2) is 65.1 Å². The van der Waals surface area contributed by atoms with E-state index in [-0.39, 0.29) is 23.1 Å². The van der Waals surface area contributed by atoms with Gasteiger partial charge >= 0.3 is 6.18 Å². The zero-order chi connectivity index (χ0) is 19.7. The summed E-state index contributed by atoms with van der Waals surface area (Å²) in [5.41, 5.74) is 0.364. The van der Waals surface area contributed by atoms with Gasteiger partial charge in [0.05, 0.1) is 18.2 Å². The first-order valence-corrected chi connectivity index (χ1v) is 8.72. The van der Waals surface area contributed by atoms with Gasteiger partial charge in [-0.2, -0.15) is 13.2 Å². The molecule has 1 aromatic heterocycles. The smallest absolute Gasteiger partial charge is 0.416 e. The number of fused-ring (bicyclic) bond motifs is 1. The number of para-hydroxylation sites is 1. The molecule has 0 bridgehead atoms. The van der Waals surface area contributed by atoms with E-state index in [4.69, 9.17) is 9.15 Å². The van der Waals surface area contributed by atoms with Crippen molar-refractivity contribution >= 4 is 5.91 Å². The molecular formula is C21H16F3NO3. The Labute approximate surface area is 158 Å². The quantitative estimate of drug-likeness (QED) is 0.670. The molecule has 28 heavy (non-hydrogen) atoms. The van der Waals surface area contributed by atoms with Crippen LogP contribution in [0, 0.1) is 0 Å². The molecule has 3 aromatic rings. The monoisotopic (exact) mass is 387 g/mol. The molecule has 0 saturated carbocycles. The van der Waals surface area contributed by atoms with Crippen LogP contribution in [-0.4, -0.2) is 12.5 Å². The summed E-state index contributed by atoms with van der Waals surface area (Å²) in [7, 11) is 0. The molecule has 1 atom stereocenters. The molecule has 2 aromatic carbocycles. The second kappa shape index (κ2) is 7.07. The highest BCUT2D eigenvalue weighted by Gasteiger charge is 2.31. The average Bonchev–Trinajstić information content (AvgIpc) is 3.18. The minimum Gasteiger partial charge on any atom is -0.493 e. The number of carbonyl (C=O) groups excluding carboxylic acids is 1. The van der Waals surface area contributed by atoms with Gasteiger partial charge in [0.2, 0.25) is 0 Å². The Kier molecular flexibility index (Phi) is 4.58. The molecule has 1 unspecified atom stereocenters. The highest BCUT2D eigenvalue weighted by atomic mass is 19.4. The molecule has 0 fully saturated rings. The van der Waals surface area contributed by atoms with Crippen LogP contribution in [0.25, 0.3) is 11.3 Å². The van der Waals surface area contributed by atoms with Crippen LogP contribution < -0.4 is 10.1 Å². The second-order valence-electron chi connectivity index (χ2n) is 6.44. The van der Waals surface area contributed by atoms with Crippen molar-refractivity contribution in [2.75, 3.05) is 6.61 Å². The van der Waals surface area contributed by atoms with Crippen LogP contribution in [0.3, 0.4) is 0 Å². The molecule has 4 nitrogen and oxygen atoms in total. The van der Waals surface area contributed by atoms with Crippen LogP contribution in [-0.2, 0) is 6.18 Å². The number of alkyl halides is 3. The summed E-state index contributed by atoms with van der Waals surface area (Å²) in [6.07, 6.45) is -3.83. The highest BCUT2D eigenvalue weighted by Crippen LogP contribution is 2.34. The first-order valence-electron chi connectivity index (χ1n) is 8.72. The molecule has 4 rings (SSSR count). The lowest BCUT2D eigenvalue weighted by molar-refractivity contribution is -0.137. The fourth-order valence-corrected chi connectivity index (χ4v) is 3.19. The van der Waals surface area contributed by atoms with Crippen molar-refractivity contribution in [3.05, 3.63) is 77.6 Å².